The van der Waals surface area contributed by atoms with Gasteiger partial charge in [0.25, 0.3) is 5.91 Å². The number of carbonyl (C=O) groups excluding carboxylic acids is 1. The molecule has 2 aromatic rings. The molecule has 1 unspecified atom stereocenters. The van der Waals surface area contributed by atoms with Crippen LogP contribution in [0.4, 0.5) is 0 Å². The molecule has 1 amide bonds. The van der Waals surface area contributed by atoms with Crippen molar-refractivity contribution in [1.82, 2.24) is 5.32 Å². The third kappa shape index (κ3) is 5.35. The van der Waals surface area contributed by atoms with Crippen LogP contribution in [0.1, 0.15) is 34.7 Å². The molecule has 1 atom stereocenters. The quantitative estimate of drug-likeness (QED) is 0.810. The Morgan fingerprint density at radius 2 is 1.68 bits per heavy atom. The predicted molar refractivity (Wildman–Crippen MR) is 95.7 cm³/mol. The summed E-state index contributed by atoms with van der Waals surface area (Å²) >= 11 is 0. The number of nitrogens with one attached hydrogen (secondary N) is 1. The lowest BCUT2D eigenvalue weighted by Crippen LogP contribution is -2.34. The van der Waals surface area contributed by atoms with E-state index >= 15 is 0 Å². The highest BCUT2D eigenvalue weighted by atomic mass is 16.5. The summed E-state index contributed by atoms with van der Waals surface area (Å²) in [5.74, 6) is -0.634. The van der Waals surface area contributed by atoms with Gasteiger partial charge in [-0.2, -0.15) is 0 Å². The van der Waals surface area contributed by atoms with Gasteiger partial charge in [0.1, 0.15) is 5.75 Å². The van der Waals surface area contributed by atoms with Crippen molar-refractivity contribution in [3.8, 4) is 5.75 Å². The average molecular weight is 341 g/mol. The Kier molecular flexibility index (Phi) is 6.17. The molecule has 0 aromatic heterocycles. The minimum absolute atomic E-state index is 0.159. The molecule has 0 saturated carbocycles. The summed E-state index contributed by atoms with van der Waals surface area (Å²) in [6.45, 7) is 5.72. The van der Waals surface area contributed by atoms with E-state index in [1.54, 1.807) is 12.1 Å². The summed E-state index contributed by atoms with van der Waals surface area (Å²) in [5.41, 5.74) is 3.82. The van der Waals surface area contributed by atoms with Crippen LogP contribution in [0.3, 0.4) is 0 Å². The SMILES string of the molecule is Cc1cc(C)c(OCC(=O)NC(CC(=O)O)c2ccccc2)c(C)c1. The van der Waals surface area contributed by atoms with Crippen LogP contribution in [-0.2, 0) is 9.59 Å². The minimum atomic E-state index is -0.972. The van der Waals surface area contributed by atoms with Crippen molar-refractivity contribution >= 4 is 11.9 Å². The lowest BCUT2D eigenvalue weighted by atomic mass is 10.0. The van der Waals surface area contributed by atoms with E-state index in [0.29, 0.717) is 5.75 Å². The third-order valence-corrected chi connectivity index (χ3v) is 3.87. The number of aryl methyl sites for hydroxylation is 3. The summed E-state index contributed by atoms with van der Waals surface area (Å²) in [4.78, 5) is 23.3. The molecule has 2 rings (SSSR count). The zero-order chi connectivity index (χ0) is 18.4. The van der Waals surface area contributed by atoms with Crippen LogP contribution in [0, 0.1) is 20.8 Å². The van der Waals surface area contributed by atoms with Crippen LogP contribution < -0.4 is 10.1 Å². The second-order valence-electron chi connectivity index (χ2n) is 6.15. The first-order valence-corrected chi connectivity index (χ1v) is 8.13. The number of carboxylic acid groups (broad SMARTS) is 1. The molecule has 5 nitrogen and oxygen atoms in total. The Morgan fingerprint density at radius 1 is 1.08 bits per heavy atom. The molecule has 132 valence electrons. The number of rotatable bonds is 7. The highest BCUT2D eigenvalue weighted by Crippen LogP contribution is 2.24. The molecule has 0 fully saturated rings. The molecule has 0 spiro atoms. The fourth-order valence-corrected chi connectivity index (χ4v) is 2.88. The van der Waals surface area contributed by atoms with Crippen molar-refractivity contribution in [3.05, 3.63) is 64.7 Å². The normalized spacial score (nSPS) is 11.6. The van der Waals surface area contributed by atoms with Crippen LogP contribution in [0.15, 0.2) is 42.5 Å². The van der Waals surface area contributed by atoms with Gasteiger partial charge in [0.05, 0.1) is 12.5 Å². The van der Waals surface area contributed by atoms with Gasteiger partial charge in [-0.05, 0) is 37.5 Å². The summed E-state index contributed by atoms with van der Waals surface area (Å²) in [7, 11) is 0. The van der Waals surface area contributed by atoms with E-state index in [9.17, 15) is 9.59 Å². The van der Waals surface area contributed by atoms with Crippen molar-refractivity contribution in [2.45, 2.75) is 33.2 Å². The highest BCUT2D eigenvalue weighted by molar-refractivity contribution is 5.79. The molecular formula is C20H23NO4. The Labute approximate surface area is 147 Å². The minimum Gasteiger partial charge on any atom is -0.483 e. The number of aliphatic carboxylic acids is 1. The van der Waals surface area contributed by atoms with E-state index in [4.69, 9.17) is 9.84 Å². The smallest absolute Gasteiger partial charge is 0.305 e. The highest BCUT2D eigenvalue weighted by Gasteiger charge is 2.18. The van der Waals surface area contributed by atoms with Crippen molar-refractivity contribution in [2.75, 3.05) is 6.61 Å². The zero-order valence-corrected chi connectivity index (χ0v) is 14.7. The topological polar surface area (TPSA) is 75.6 Å². The van der Waals surface area contributed by atoms with E-state index < -0.39 is 12.0 Å². The Hall–Kier alpha value is -2.82. The number of amides is 1. The molecule has 0 aliphatic rings. The lowest BCUT2D eigenvalue weighted by Gasteiger charge is -2.18. The van der Waals surface area contributed by atoms with Crippen molar-refractivity contribution in [3.63, 3.8) is 0 Å². The van der Waals surface area contributed by atoms with E-state index in [0.717, 1.165) is 22.3 Å². The standard InChI is InChI=1S/C20H23NO4/c1-13-9-14(2)20(15(3)10-13)25-12-18(22)21-17(11-19(23)24)16-7-5-4-6-8-16/h4-10,17H,11-12H2,1-3H3,(H,21,22)(H,23,24). The Morgan fingerprint density at radius 3 is 2.24 bits per heavy atom. The number of benzene rings is 2. The average Bonchev–Trinajstić information content (AvgIpc) is 2.53. The van der Waals surface area contributed by atoms with Gasteiger partial charge in [-0.1, -0.05) is 48.0 Å². The summed E-state index contributed by atoms with van der Waals surface area (Å²) in [6, 6.07) is 12.5. The van der Waals surface area contributed by atoms with Crippen LogP contribution in [0.5, 0.6) is 5.75 Å². The largest absolute Gasteiger partial charge is 0.483 e. The number of hydrogen-bond acceptors (Lipinski definition) is 3. The molecule has 0 aliphatic heterocycles. The van der Waals surface area contributed by atoms with Crippen LogP contribution in [0.2, 0.25) is 0 Å². The van der Waals surface area contributed by atoms with Crippen molar-refractivity contribution in [1.29, 1.82) is 0 Å². The van der Waals surface area contributed by atoms with Gasteiger partial charge >= 0.3 is 5.97 Å². The first-order chi connectivity index (χ1) is 11.9. The predicted octanol–water partition coefficient (Wildman–Crippen LogP) is 3.32. The van der Waals surface area contributed by atoms with Crippen LogP contribution >= 0.6 is 0 Å². The molecule has 0 saturated heterocycles. The summed E-state index contributed by atoms with van der Waals surface area (Å²) in [6.07, 6.45) is -0.182. The third-order valence-electron chi connectivity index (χ3n) is 3.87. The van der Waals surface area contributed by atoms with E-state index in [1.807, 2.05) is 51.1 Å². The number of hydrogen-bond donors (Lipinski definition) is 2. The second kappa shape index (κ2) is 8.33. The molecule has 5 heteroatoms. The fraction of sp³-hybridized carbons (Fsp3) is 0.300. The molecule has 2 N–H and O–H groups in total. The van der Waals surface area contributed by atoms with Gasteiger partial charge in [0.2, 0.25) is 0 Å². The van der Waals surface area contributed by atoms with Crippen molar-refractivity contribution < 1.29 is 19.4 Å². The fourth-order valence-electron chi connectivity index (χ4n) is 2.88. The molecule has 25 heavy (non-hydrogen) atoms. The molecule has 0 radical (unpaired) electrons. The monoisotopic (exact) mass is 341 g/mol. The molecule has 0 heterocycles. The first kappa shape index (κ1) is 18.5. The van der Waals surface area contributed by atoms with Gasteiger partial charge in [0.15, 0.2) is 6.61 Å². The van der Waals surface area contributed by atoms with Gasteiger partial charge in [-0.15, -0.1) is 0 Å². The molecule has 0 bridgehead atoms. The van der Waals surface area contributed by atoms with E-state index in [-0.39, 0.29) is 18.9 Å². The second-order valence-corrected chi connectivity index (χ2v) is 6.15. The molecule has 2 aromatic carbocycles. The van der Waals surface area contributed by atoms with Crippen molar-refractivity contribution in [2.24, 2.45) is 0 Å². The van der Waals surface area contributed by atoms with Gasteiger partial charge in [-0.25, -0.2) is 0 Å². The maximum atomic E-state index is 12.2. The number of ether oxygens (including phenoxy) is 1. The zero-order valence-electron chi connectivity index (χ0n) is 14.7. The number of carbonyl (C=O) groups is 2. The number of carboxylic acids is 1. The van der Waals surface area contributed by atoms with Gasteiger partial charge in [0, 0.05) is 0 Å². The first-order valence-electron chi connectivity index (χ1n) is 8.13. The lowest BCUT2D eigenvalue weighted by molar-refractivity contribution is -0.137. The molecule has 0 aliphatic carbocycles. The van der Waals surface area contributed by atoms with Gasteiger partial charge in [-0.3, -0.25) is 9.59 Å². The maximum absolute atomic E-state index is 12.2. The Balaban J connectivity index is 2.03. The van der Waals surface area contributed by atoms with E-state index in [1.165, 1.54) is 0 Å². The molecular weight excluding hydrogens is 318 g/mol. The van der Waals surface area contributed by atoms with E-state index in [2.05, 4.69) is 5.32 Å². The maximum Gasteiger partial charge on any atom is 0.305 e. The van der Waals surface area contributed by atoms with Crippen LogP contribution in [-0.4, -0.2) is 23.6 Å². The summed E-state index contributed by atoms with van der Waals surface area (Å²) < 4.78 is 5.67. The Bertz CT molecular complexity index is 733. The van der Waals surface area contributed by atoms with Gasteiger partial charge < -0.3 is 15.2 Å². The van der Waals surface area contributed by atoms with Crippen LogP contribution in [0.25, 0.3) is 0 Å². The summed E-state index contributed by atoms with van der Waals surface area (Å²) in [5, 5.41) is 11.8.